The molecule has 2 amide bonds. The molecule has 21 heavy (non-hydrogen) atoms. The SMILES string of the molecule is CCC(CNC(=O)NCC(C)N1CCCCC1)CC(=O)O. The number of hydrogen-bond donors (Lipinski definition) is 3. The number of aliphatic carboxylic acids is 1. The summed E-state index contributed by atoms with van der Waals surface area (Å²) >= 11 is 0. The zero-order valence-corrected chi connectivity index (χ0v) is 13.2. The number of rotatable bonds is 8. The first-order valence-corrected chi connectivity index (χ1v) is 8.00. The quantitative estimate of drug-likeness (QED) is 0.636. The van der Waals surface area contributed by atoms with E-state index in [0.29, 0.717) is 19.1 Å². The van der Waals surface area contributed by atoms with Crippen LogP contribution >= 0.6 is 0 Å². The highest BCUT2D eigenvalue weighted by Crippen LogP contribution is 2.11. The molecule has 1 saturated heterocycles. The molecule has 2 unspecified atom stereocenters. The maximum atomic E-state index is 11.7. The number of urea groups is 1. The Kier molecular flexibility index (Phi) is 8.12. The second-order valence-electron chi connectivity index (χ2n) is 5.91. The van der Waals surface area contributed by atoms with Gasteiger partial charge in [-0.15, -0.1) is 0 Å². The average Bonchev–Trinajstić information content (AvgIpc) is 2.49. The Morgan fingerprint density at radius 2 is 1.76 bits per heavy atom. The normalized spacial score (nSPS) is 18.8. The molecule has 1 heterocycles. The average molecular weight is 299 g/mol. The van der Waals surface area contributed by atoms with Gasteiger partial charge in [0, 0.05) is 25.6 Å². The Labute approximate surface area is 127 Å². The van der Waals surface area contributed by atoms with E-state index in [1.165, 1.54) is 19.3 Å². The summed E-state index contributed by atoms with van der Waals surface area (Å²) in [5, 5.41) is 14.4. The maximum absolute atomic E-state index is 11.7. The highest BCUT2D eigenvalue weighted by molar-refractivity contribution is 5.74. The van der Waals surface area contributed by atoms with Crippen molar-refractivity contribution in [3.8, 4) is 0 Å². The van der Waals surface area contributed by atoms with Crippen molar-refractivity contribution in [3.63, 3.8) is 0 Å². The minimum Gasteiger partial charge on any atom is -0.481 e. The van der Waals surface area contributed by atoms with Crippen LogP contribution in [0, 0.1) is 5.92 Å². The van der Waals surface area contributed by atoms with E-state index in [9.17, 15) is 9.59 Å². The van der Waals surface area contributed by atoms with E-state index in [-0.39, 0.29) is 18.4 Å². The molecule has 0 aromatic rings. The van der Waals surface area contributed by atoms with Crippen LogP contribution in [0.2, 0.25) is 0 Å². The highest BCUT2D eigenvalue weighted by atomic mass is 16.4. The minimum atomic E-state index is -0.817. The van der Waals surface area contributed by atoms with Crippen LogP contribution in [0.4, 0.5) is 4.79 Å². The molecule has 1 fully saturated rings. The molecule has 1 aliphatic rings. The summed E-state index contributed by atoms with van der Waals surface area (Å²) in [6, 6.07) is 0.139. The first-order chi connectivity index (χ1) is 10.0. The molecular formula is C15H29N3O3. The molecule has 0 aliphatic carbocycles. The van der Waals surface area contributed by atoms with Gasteiger partial charge in [0.2, 0.25) is 0 Å². The molecule has 0 aromatic carbocycles. The zero-order valence-electron chi connectivity index (χ0n) is 13.2. The van der Waals surface area contributed by atoms with Crippen molar-refractivity contribution < 1.29 is 14.7 Å². The molecule has 0 saturated carbocycles. The summed E-state index contributed by atoms with van der Waals surface area (Å²) in [4.78, 5) is 24.8. The van der Waals surface area contributed by atoms with Gasteiger partial charge in [-0.1, -0.05) is 19.8 Å². The largest absolute Gasteiger partial charge is 0.481 e. The van der Waals surface area contributed by atoms with Crippen LogP contribution in [0.5, 0.6) is 0 Å². The van der Waals surface area contributed by atoms with Crippen LogP contribution in [-0.4, -0.2) is 54.2 Å². The molecule has 0 aromatic heterocycles. The van der Waals surface area contributed by atoms with Gasteiger partial charge < -0.3 is 15.7 Å². The summed E-state index contributed by atoms with van der Waals surface area (Å²) < 4.78 is 0. The molecule has 1 rings (SSSR count). The van der Waals surface area contributed by atoms with E-state index in [1.807, 2.05) is 6.92 Å². The molecule has 1 aliphatic heterocycles. The Morgan fingerprint density at radius 3 is 2.33 bits per heavy atom. The number of carboxylic acid groups (broad SMARTS) is 1. The summed E-state index contributed by atoms with van der Waals surface area (Å²) in [6.45, 7) is 7.33. The van der Waals surface area contributed by atoms with Crippen LogP contribution in [0.3, 0.4) is 0 Å². The molecule has 6 heteroatoms. The Hall–Kier alpha value is -1.30. The third-order valence-electron chi connectivity index (χ3n) is 4.16. The van der Waals surface area contributed by atoms with E-state index in [2.05, 4.69) is 22.5 Å². The third-order valence-corrected chi connectivity index (χ3v) is 4.16. The second kappa shape index (κ2) is 9.60. The monoisotopic (exact) mass is 299 g/mol. The van der Waals surface area contributed by atoms with Crippen molar-refractivity contribution >= 4 is 12.0 Å². The van der Waals surface area contributed by atoms with Crippen LogP contribution < -0.4 is 10.6 Å². The van der Waals surface area contributed by atoms with Gasteiger partial charge in [-0.05, 0) is 38.8 Å². The van der Waals surface area contributed by atoms with E-state index < -0.39 is 5.97 Å². The topological polar surface area (TPSA) is 81.7 Å². The fraction of sp³-hybridized carbons (Fsp3) is 0.867. The van der Waals surface area contributed by atoms with Gasteiger partial charge in [-0.25, -0.2) is 4.79 Å². The molecule has 6 nitrogen and oxygen atoms in total. The van der Waals surface area contributed by atoms with Crippen molar-refractivity contribution in [1.29, 1.82) is 0 Å². The predicted octanol–water partition coefficient (Wildman–Crippen LogP) is 1.66. The van der Waals surface area contributed by atoms with Gasteiger partial charge in [0.25, 0.3) is 0 Å². The summed E-state index contributed by atoms with van der Waals surface area (Å²) in [6.07, 6.45) is 4.63. The van der Waals surface area contributed by atoms with E-state index in [4.69, 9.17) is 5.11 Å². The van der Waals surface area contributed by atoms with Crippen LogP contribution in [0.25, 0.3) is 0 Å². The van der Waals surface area contributed by atoms with Gasteiger partial charge in [-0.3, -0.25) is 9.69 Å². The Morgan fingerprint density at radius 1 is 1.14 bits per heavy atom. The number of likely N-dealkylation sites (tertiary alicyclic amines) is 1. The Bertz CT molecular complexity index is 330. The van der Waals surface area contributed by atoms with E-state index >= 15 is 0 Å². The minimum absolute atomic E-state index is 0.00670. The molecule has 2 atom stereocenters. The third kappa shape index (κ3) is 7.32. The van der Waals surface area contributed by atoms with Gasteiger partial charge >= 0.3 is 12.0 Å². The number of nitrogens with one attached hydrogen (secondary N) is 2. The lowest BCUT2D eigenvalue weighted by Gasteiger charge is -2.32. The fourth-order valence-electron chi connectivity index (χ4n) is 2.64. The molecule has 3 N–H and O–H groups in total. The number of amides is 2. The fourth-order valence-corrected chi connectivity index (χ4v) is 2.64. The lowest BCUT2D eigenvalue weighted by molar-refractivity contribution is -0.138. The molecule has 0 spiro atoms. The van der Waals surface area contributed by atoms with Gasteiger partial charge in [0.1, 0.15) is 0 Å². The molecular weight excluding hydrogens is 270 g/mol. The standard InChI is InChI=1S/C15H29N3O3/c1-3-13(9-14(19)20)11-17-15(21)16-10-12(2)18-7-5-4-6-8-18/h12-13H,3-11H2,1-2H3,(H,19,20)(H2,16,17,21). The second-order valence-corrected chi connectivity index (χ2v) is 5.91. The number of carboxylic acids is 1. The van der Waals surface area contributed by atoms with Gasteiger partial charge in [-0.2, -0.15) is 0 Å². The number of carbonyl (C=O) groups excluding carboxylic acids is 1. The van der Waals surface area contributed by atoms with Crippen molar-refractivity contribution in [3.05, 3.63) is 0 Å². The highest BCUT2D eigenvalue weighted by Gasteiger charge is 2.17. The van der Waals surface area contributed by atoms with Crippen molar-refractivity contribution in [1.82, 2.24) is 15.5 Å². The van der Waals surface area contributed by atoms with E-state index in [1.54, 1.807) is 0 Å². The van der Waals surface area contributed by atoms with Gasteiger partial charge in [0.05, 0.1) is 0 Å². The number of nitrogens with zero attached hydrogens (tertiary/aromatic N) is 1. The number of hydrogen-bond acceptors (Lipinski definition) is 3. The lowest BCUT2D eigenvalue weighted by atomic mass is 10.0. The lowest BCUT2D eigenvalue weighted by Crippen LogP contribution is -2.47. The first kappa shape index (κ1) is 17.8. The van der Waals surface area contributed by atoms with Crippen LogP contribution in [-0.2, 0) is 4.79 Å². The molecule has 0 radical (unpaired) electrons. The molecule has 122 valence electrons. The maximum Gasteiger partial charge on any atom is 0.314 e. The summed E-state index contributed by atoms with van der Waals surface area (Å²) in [5.74, 6) is -0.824. The smallest absolute Gasteiger partial charge is 0.314 e. The van der Waals surface area contributed by atoms with Crippen molar-refractivity contribution in [2.24, 2.45) is 5.92 Å². The van der Waals surface area contributed by atoms with Crippen molar-refractivity contribution in [2.75, 3.05) is 26.2 Å². The zero-order chi connectivity index (χ0) is 15.7. The van der Waals surface area contributed by atoms with E-state index in [0.717, 1.165) is 19.5 Å². The molecule has 0 bridgehead atoms. The predicted molar refractivity (Wildman–Crippen MR) is 82.3 cm³/mol. The number of piperidine rings is 1. The van der Waals surface area contributed by atoms with Gasteiger partial charge in [0.15, 0.2) is 0 Å². The summed E-state index contributed by atoms with van der Waals surface area (Å²) in [5.41, 5.74) is 0. The Balaban J connectivity index is 2.19. The first-order valence-electron chi connectivity index (χ1n) is 8.00. The number of carbonyl (C=O) groups is 2. The van der Waals surface area contributed by atoms with Crippen LogP contribution in [0.15, 0.2) is 0 Å². The van der Waals surface area contributed by atoms with Crippen molar-refractivity contribution in [2.45, 2.75) is 52.0 Å². The summed E-state index contributed by atoms with van der Waals surface area (Å²) in [7, 11) is 0. The van der Waals surface area contributed by atoms with Crippen LogP contribution in [0.1, 0.15) is 46.0 Å².